The molecule has 15 heavy (non-hydrogen) atoms. The molecule has 1 aromatic rings. The van der Waals surface area contributed by atoms with E-state index in [1.54, 1.807) is 17.0 Å². The summed E-state index contributed by atoms with van der Waals surface area (Å²) in [5.41, 5.74) is 2.57. The number of fused-ring (bicyclic) bond motifs is 1. The molecule has 1 heterocycles. The van der Waals surface area contributed by atoms with Crippen molar-refractivity contribution in [1.82, 2.24) is 0 Å². The van der Waals surface area contributed by atoms with E-state index in [0.29, 0.717) is 12.1 Å². The fourth-order valence-electron chi connectivity index (χ4n) is 1.83. The maximum Gasteiger partial charge on any atom is 0.241 e. The van der Waals surface area contributed by atoms with Crippen molar-refractivity contribution in [3.05, 3.63) is 29.3 Å². The van der Waals surface area contributed by atoms with Crippen LogP contribution in [0.1, 0.15) is 15.9 Å². The zero-order chi connectivity index (χ0) is 10.8. The lowest BCUT2D eigenvalue weighted by molar-refractivity contribution is -0.116. The fraction of sp³-hybridized carbons (Fsp3) is 0.273. The van der Waals surface area contributed by atoms with Crippen LogP contribution in [-0.2, 0) is 11.2 Å². The van der Waals surface area contributed by atoms with Gasteiger partial charge in [-0.05, 0) is 30.2 Å². The van der Waals surface area contributed by atoms with E-state index < -0.39 is 0 Å². The number of carbonyl (C=O) groups excluding carboxylic acids is 2. The number of hydrogen-bond acceptors (Lipinski definition) is 2. The van der Waals surface area contributed by atoms with Crippen molar-refractivity contribution < 1.29 is 9.59 Å². The number of benzene rings is 1. The molecule has 1 aromatic carbocycles. The van der Waals surface area contributed by atoms with E-state index >= 15 is 0 Å². The third-order valence-corrected chi connectivity index (χ3v) is 2.78. The van der Waals surface area contributed by atoms with Crippen LogP contribution >= 0.6 is 11.6 Å². The molecule has 3 nitrogen and oxygen atoms in total. The summed E-state index contributed by atoms with van der Waals surface area (Å²) in [7, 11) is 0. The second kappa shape index (κ2) is 4.03. The summed E-state index contributed by atoms with van der Waals surface area (Å²) < 4.78 is 0. The summed E-state index contributed by atoms with van der Waals surface area (Å²) in [6.07, 6.45) is 1.60. The summed E-state index contributed by atoms with van der Waals surface area (Å²) in [5, 5.41) is 0. The largest absolute Gasteiger partial charge is 0.311 e. The quantitative estimate of drug-likeness (QED) is 0.565. The van der Waals surface area contributed by atoms with Crippen molar-refractivity contribution in [1.29, 1.82) is 0 Å². The topological polar surface area (TPSA) is 37.4 Å². The summed E-state index contributed by atoms with van der Waals surface area (Å²) in [6, 6.07) is 5.34. The molecule has 0 unspecified atom stereocenters. The molecular formula is C11H10ClNO2. The zero-order valence-electron chi connectivity index (χ0n) is 8.07. The lowest BCUT2D eigenvalue weighted by atomic mass is 10.1. The van der Waals surface area contributed by atoms with Crippen molar-refractivity contribution in [3.63, 3.8) is 0 Å². The summed E-state index contributed by atoms with van der Waals surface area (Å²) in [6.45, 7) is 0.656. The smallest absolute Gasteiger partial charge is 0.241 e. The van der Waals surface area contributed by atoms with Gasteiger partial charge in [0.15, 0.2) is 0 Å². The Labute approximate surface area is 92.6 Å². The molecule has 1 aliphatic rings. The minimum Gasteiger partial charge on any atom is -0.311 e. The predicted molar refractivity (Wildman–Crippen MR) is 58.6 cm³/mol. The van der Waals surface area contributed by atoms with Crippen LogP contribution in [0.15, 0.2) is 18.2 Å². The van der Waals surface area contributed by atoms with Crippen LogP contribution in [0.4, 0.5) is 5.69 Å². The number of hydrogen-bond donors (Lipinski definition) is 0. The van der Waals surface area contributed by atoms with Crippen LogP contribution in [0.25, 0.3) is 0 Å². The molecule has 0 N–H and O–H groups in total. The van der Waals surface area contributed by atoms with E-state index in [0.717, 1.165) is 24.0 Å². The number of anilines is 1. The van der Waals surface area contributed by atoms with Crippen LogP contribution < -0.4 is 4.90 Å². The van der Waals surface area contributed by atoms with E-state index in [4.69, 9.17) is 11.6 Å². The molecule has 4 heteroatoms. The molecule has 0 atom stereocenters. The number of aldehydes is 1. The Balaban J connectivity index is 2.36. The average molecular weight is 224 g/mol. The first-order valence-electron chi connectivity index (χ1n) is 4.70. The predicted octanol–water partition coefficient (Wildman–Crippen LogP) is 1.63. The van der Waals surface area contributed by atoms with Gasteiger partial charge < -0.3 is 4.90 Å². The molecule has 78 valence electrons. The Morgan fingerprint density at radius 3 is 3.00 bits per heavy atom. The highest BCUT2D eigenvalue weighted by Crippen LogP contribution is 2.28. The maximum absolute atomic E-state index is 11.5. The van der Waals surface area contributed by atoms with E-state index in [-0.39, 0.29) is 11.8 Å². The van der Waals surface area contributed by atoms with Crippen molar-refractivity contribution in [2.75, 3.05) is 17.3 Å². The molecule has 0 spiro atoms. The van der Waals surface area contributed by atoms with Gasteiger partial charge in [-0.25, -0.2) is 0 Å². The van der Waals surface area contributed by atoms with Crippen molar-refractivity contribution in [3.8, 4) is 0 Å². The molecular weight excluding hydrogens is 214 g/mol. The Morgan fingerprint density at radius 1 is 1.53 bits per heavy atom. The number of rotatable bonds is 2. The van der Waals surface area contributed by atoms with Crippen LogP contribution in [0.2, 0.25) is 0 Å². The van der Waals surface area contributed by atoms with E-state index in [2.05, 4.69) is 0 Å². The first-order valence-corrected chi connectivity index (χ1v) is 5.24. The molecule has 0 fully saturated rings. The molecule has 0 radical (unpaired) electrons. The molecule has 2 rings (SSSR count). The standard InChI is InChI=1S/C11H10ClNO2/c12-6-11(15)13-4-3-9-5-8(7-14)1-2-10(9)13/h1-2,5,7H,3-4,6H2. The van der Waals surface area contributed by atoms with Crippen molar-refractivity contribution in [2.24, 2.45) is 0 Å². The summed E-state index contributed by atoms with van der Waals surface area (Å²) >= 11 is 5.51. The van der Waals surface area contributed by atoms with Gasteiger partial charge in [0.1, 0.15) is 12.2 Å². The van der Waals surface area contributed by atoms with Crippen LogP contribution in [0.5, 0.6) is 0 Å². The normalized spacial score (nSPS) is 13.8. The fourth-order valence-corrected chi connectivity index (χ4v) is 1.97. The van der Waals surface area contributed by atoms with Gasteiger partial charge in [-0.2, -0.15) is 0 Å². The highest BCUT2D eigenvalue weighted by Gasteiger charge is 2.23. The van der Waals surface area contributed by atoms with Gasteiger partial charge in [-0.3, -0.25) is 9.59 Å². The average Bonchev–Trinajstić information content (AvgIpc) is 2.70. The minimum absolute atomic E-state index is 0.00509. The van der Waals surface area contributed by atoms with Crippen LogP contribution in [-0.4, -0.2) is 24.6 Å². The van der Waals surface area contributed by atoms with E-state index in [1.165, 1.54) is 0 Å². The van der Waals surface area contributed by atoms with Gasteiger partial charge >= 0.3 is 0 Å². The molecule has 0 aliphatic carbocycles. The number of alkyl halides is 1. The Kier molecular flexibility index (Phi) is 2.73. The third kappa shape index (κ3) is 1.75. The van der Waals surface area contributed by atoms with Gasteiger partial charge in [0.05, 0.1) is 0 Å². The molecule has 0 saturated carbocycles. The highest BCUT2D eigenvalue weighted by atomic mass is 35.5. The number of nitrogens with zero attached hydrogens (tertiary/aromatic N) is 1. The minimum atomic E-state index is -0.0886. The number of amides is 1. The molecule has 1 amide bonds. The second-order valence-electron chi connectivity index (χ2n) is 3.44. The molecule has 0 saturated heterocycles. The molecule has 1 aliphatic heterocycles. The lowest BCUT2D eigenvalue weighted by Gasteiger charge is -2.15. The third-order valence-electron chi connectivity index (χ3n) is 2.55. The van der Waals surface area contributed by atoms with Gasteiger partial charge in [-0.1, -0.05) is 0 Å². The summed E-state index contributed by atoms with van der Waals surface area (Å²) in [4.78, 5) is 23.7. The van der Waals surface area contributed by atoms with E-state index in [9.17, 15) is 9.59 Å². The van der Waals surface area contributed by atoms with Gasteiger partial charge in [0, 0.05) is 17.8 Å². The first kappa shape index (κ1) is 10.2. The van der Waals surface area contributed by atoms with Crippen molar-refractivity contribution in [2.45, 2.75) is 6.42 Å². The first-order chi connectivity index (χ1) is 7.26. The van der Waals surface area contributed by atoms with Crippen LogP contribution in [0.3, 0.4) is 0 Å². The number of halogens is 1. The van der Waals surface area contributed by atoms with Gasteiger partial charge in [-0.15, -0.1) is 11.6 Å². The maximum atomic E-state index is 11.5. The Bertz CT molecular complexity index is 417. The Morgan fingerprint density at radius 2 is 2.33 bits per heavy atom. The van der Waals surface area contributed by atoms with Gasteiger partial charge in [0.2, 0.25) is 5.91 Å². The van der Waals surface area contributed by atoms with Crippen LogP contribution in [0, 0.1) is 0 Å². The van der Waals surface area contributed by atoms with Crippen molar-refractivity contribution >= 4 is 29.5 Å². The van der Waals surface area contributed by atoms with E-state index in [1.807, 2.05) is 6.07 Å². The lowest BCUT2D eigenvalue weighted by Crippen LogP contribution is -2.29. The zero-order valence-corrected chi connectivity index (χ0v) is 8.83. The van der Waals surface area contributed by atoms with Gasteiger partial charge in [0.25, 0.3) is 0 Å². The highest BCUT2D eigenvalue weighted by molar-refractivity contribution is 6.29. The molecule has 0 aromatic heterocycles. The second-order valence-corrected chi connectivity index (χ2v) is 3.70. The Hall–Kier alpha value is -1.35. The summed E-state index contributed by atoms with van der Waals surface area (Å²) in [5.74, 6) is -0.0937. The molecule has 0 bridgehead atoms. The number of carbonyl (C=O) groups is 2. The SMILES string of the molecule is O=Cc1ccc2c(c1)CCN2C(=O)CCl. The monoisotopic (exact) mass is 223 g/mol.